The lowest BCUT2D eigenvalue weighted by Crippen LogP contribution is -2.48. The van der Waals surface area contributed by atoms with Crippen LogP contribution in [0.5, 0.6) is 0 Å². The second-order valence-corrected chi connectivity index (χ2v) is 17.0. The van der Waals surface area contributed by atoms with Crippen LogP contribution in [0.1, 0.15) is 120 Å². The van der Waals surface area contributed by atoms with E-state index >= 15 is 0 Å². The Kier molecular flexibility index (Phi) is 9.25. The molecule has 0 spiro atoms. The minimum Gasteiger partial charge on any atom is -0.0625 e. The lowest BCUT2D eigenvalue weighted by molar-refractivity contribution is 0.185. The highest BCUT2D eigenvalue weighted by Gasteiger charge is 2.50. The summed E-state index contributed by atoms with van der Waals surface area (Å²) in [7, 11) is -0.423. The van der Waals surface area contributed by atoms with Gasteiger partial charge in [0.15, 0.2) is 0 Å². The van der Waals surface area contributed by atoms with Crippen molar-refractivity contribution in [2.45, 2.75) is 137 Å². The highest BCUT2D eigenvalue weighted by molar-refractivity contribution is 6.64. The molecule has 3 aliphatic carbocycles. The predicted molar refractivity (Wildman–Crippen MR) is 141 cm³/mol. The van der Waals surface area contributed by atoms with Crippen molar-refractivity contribution in [3.63, 3.8) is 0 Å². The Morgan fingerprint density at radius 1 is 0.452 bits per heavy atom. The third-order valence-electron chi connectivity index (χ3n) is 10.4. The molecule has 1 radical (unpaired) electrons. The molecule has 0 aromatic heterocycles. The molecule has 0 nitrogen and oxygen atoms in total. The zero-order valence-electron chi connectivity index (χ0n) is 22.8. The van der Waals surface area contributed by atoms with Gasteiger partial charge in [0.2, 0.25) is 0 Å². The van der Waals surface area contributed by atoms with Crippen molar-refractivity contribution in [3.8, 4) is 0 Å². The van der Waals surface area contributed by atoms with Gasteiger partial charge in [-0.1, -0.05) is 101 Å². The van der Waals surface area contributed by atoms with Gasteiger partial charge in [-0.25, -0.2) is 0 Å². The van der Waals surface area contributed by atoms with Gasteiger partial charge in [0, 0.05) is 0 Å². The monoisotopic (exact) mass is 445 g/mol. The second-order valence-electron chi connectivity index (χ2n) is 13.8. The normalized spacial score (nSPS) is 42.7. The SMILES string of the molecule is CC1CCC(C(C)C)C([Si](C2CC(C)CCC2C(C)C)C2CC(C)CCC2C(C)C)C1. The van der Waals surface area contributed by atoms with Crippen molar-refractivity contribution in [2.75, 3.05) is 0 Å². The fraction of sp³-hybridized carbons (Fsp3) is 1.00. The molecule has 0 aromatic carbocycles. The van der Waals surface area contributed by atoms with Crippen molar-refractivity contribution in [1.29, 1.82) is 0 Å². The molecular weight excluding hydrogens is 388 g/mol. The summed E-state index contributed by atoms with van der Waals surface area (Å²) in [4.78, 5) is 0. The highest BCUT2D eigenvalue weighted by atomic mass is 28.3. The molecule has 3 aliphatic rings. The molecule has 1 heteroatoms. The first-order chi connectivity index (χ1) is 14.6. The van der Waals surface area contributed by atoms with E-state index in [2.05, 4.69) is 62.3 Å². The molecule has 0 aliphatic heterocycles. The van der Waals surface area contributed by atoms with Crippen LogP contribution in [0.4, 0.5) is 0 Å². The third-order valence-corrected chi connectivity index (χ3v) is 14.9. The van der Waals surface area contributed by atoms with Crippen molar-refractivity contribution in [3.05, 3.63) is 0 Å². The number of hydrogen-bond donors (Lipinski definition) is 0. The molecule has 3 saturated carbocycles. The van der Waals surface area contributed by atoms with Crippen LogP contribution in [0.2, 0.25) is 16.6 Å². The zero-order valence-corrected chi connectivity index (χ0v) is 23.8. The van der Waals surface area contributed by atoms with Crippen molar-refractivity contribution >= 4 is 8.80 Å². The van der Waals surface area contributed by atoms with Crippen molar-refractivity contribution < 1.29 is 0 Å². The summed E-state index contributed by atoms with van der Waals surface area (Å²) in [6.07, 6.45) is 13.8. The first-order valence-electron chi connectivity index (χ1n) is 14.5. The molecule has 31 heavy (non-hydrogen) atoms. The molecule has 3 rings (SSSR count). The summed E-state index contributed by atoms with van der Waals surface area (Å²) in [5.41, 5.74) is 3.26. The Hall–Kier alpha value is 0.217. The number of rotatable bonds is 6. The van der Waals surface area contributed by atoms with E-state index in [1.54, 1.807) is 19.3 Å². The van der Waals surface area contributed by atoms with Gasteiger partial charge in [-0.05, 0) is 89.1 Å². The summed E-state index contributed by atoms with van der Waals surface area (Å²) in [5.74, 6) is 8.60. The van der Waals surface area contributed by atoms with Gasteiger partial charge >= 0.3 is 0 Å². The van der Waals surface area contributed by atoms with E-state index < -0.39 is 8.80 Å². The predicted octanol–water partition coefficient (Wildman–Crippen LogP) is 9.87. The van der Waals surface area contributed by atoms with Crippen LogP contribution in [0.3, 0.4) is 0 Å². The molecular formula is C30H57Si. The van der Waals surface area contributed by atoms with Crippen molar-refractivity contribution in [1.82, 2.24) is 0 Å². The maximum atomic E-state index is 2.59. The Morgan fingerprint density at radius 3 is 0.935 bits per heavy atom. The average molecular weight is 446 g/mol. The van der Waals surface area contributed by atoms with E-state index in [0.29, 0.717) is 0 Å². The second kappa shape index (κ2) is 11.1. The Balaban J connectivity index is 2.05. The summed E-state index contributed by atoms with van der Waals surface area (Å²) in [6.45, 7) is 23.2. The zero-order chi connectivity index (χ0) is 22.9. The van der Waals surface area contributed by atoms with E-state index in [1.807, 2.05) is 0 Å². The van der Waals surface area contributed by atoms with Crippen LogP contribution in [0.15, 0.2) is 0 Å². The van der Waals surface area contributed by atoms with E-state index in [0.717, 1.165) is 69.9 Å². The molecule has 0 bridgehead atoms. The Bertz CT molecular complexity index is 460. The molecule has 3 fully saturated rings. The minimum absolute atomic E-state index is 0.423. The molecule has 9 atom stereocenters. The maximum absolute atomic E-state index is 2.59. The average Bonchev–Trinajstić information content (AvgIpc) is 2.67. The largest absolute Gasteiger partial charge is 0.0625 e. The molecule has 0 amide bonds. The molecule has 0 heterocycles. The lowest BCUT2D eigenvalue weighted by Gasteiger charge is -2.54. The fourth-order valence-electron chi connectivity index (χ4n) is 8.58. The summed E-state index contributed by atoms with van der Waals surface area (Å²) < 4.78 is 0. The molecule has 9 unspecified atom stereocenters. The molecule has 0 aromatic rings. The first kappa shape index (κ1) is 25.8. The van der Waals surface area contributed by atoms with Gasteiger partial charge in [0.1, 0.15) is 0 Å². The summed E-state index contributed by atoms with van der Waals surface area (Å²) in [5, 5.41) is 0. The maximum Gasteiger partial charge on any atom is 0.0587 e. The smallest absolute Gasteiger partial charge is 0.0587 e. The summed E-state index contributed by atoms with van der Waals surface area (Å²) in [6, 6.07) is 0. The van der Waals surface area contributed by atoms with E-state index in [1.165, 1.54) is 38.5 Å². The van der Waals surface area contributed by atoms with Gasteiger partial charge in [0.05, 0.1) is 8.80 Å². The standard InChI is InChI=1S/C30H57Si/c1-19(2)25-13-10-22(7)16-28(25)31(29-17-23(8)11-14-26(29)20(3)4)30-18-24(9)12-15-27(30)21(5)6/h19-30H,10-18H2,1-9H3. The molecule has 0 saturated heterocycles. The third kappa shape index (κ3) is 6.02. The lowest BCUT2D eigenvalue weighted by atomic mass is 9.75. The van der Waals surface area contributed by atoms with Crippen molar-refractivity contribution in [2.24, 2.45) is 53.3 Å². The van der Waals surface area contributed by atoms with Gasteiger partial charge in [0.25, 0.3) is 0 Å². The van der Waals surface area contributed by atoms with Crippen LogP contribution in [0, 0.1) is 53.3 Å². The fourth-order valence-corrected chi connectivity index (χ4v) is 15.4. The van der Waals surface area contributed by atoms with Gasteiger partial charge in [-0.3, -0.25) is 0 Å². The first-order valence-corrected chi connectivity index (χ1v) is 16.2. The molecule has 0 N–H and O–H groups in total. The van der Waals surface area contributed by atoms with E-state index in [-0.39, 0.29) is 0 Å². The minimum atomic E-state index is -0.423. The van der Waals surface area contributed by atoms with Gasteiger partial charge in [-0.15, -0.1) is 0 Å². The molecule has 181 valence electrons. The topological polar surface area (TPSA) is 0 Å². The quantitative estimate of drug-likeness (QED) is 0.357. The van der Waals surface area contributed by atoms with Crippen LogP contribution >= 0.6 is 0 Å². The van der Waals surface area contributed by atoms with Crippen LogP contribution in [-0.4, -0.2) is 8.80 Å². The van der Waals surface area contributed by atoms with Gasteiger partial charge < -0.3 is 0 Å². The van der Waals surface area contributed by atoms with Gasteiger partial charge in [-0.2, -0.15) is 0 Å². The van der Waals surface area contributed by atoms with E-state index in [9.17, 15) is 0 Å². The van der Waals surface area contributed by atoms with Crippen LogP contribution in [-0.2, 0) is 0 Å². The highest BCUT2D eigenvalue weighted by Crippen LogP contribution is 2.59. The van der Waals surface area contributed by atoms with Crippen LogP contribution in [0.25, 0.3) is 0 Å². The van der Waals surface area contributed by atoms with Crippen LogP contribution < -0.4 is 0 Å². The Morgan fingerprint density at radius 2 is 0.710 bits per heavy atom. The number of hydrogen-bond acceptors (Lipinski definition) is 0. The van der Waals surface area contributed by atoms with E-state index in [4.69, 9.17) is 0 Å². The summed E-state index contributed by atoms with van der Waals surface area (Å²) >= 11 is 0. The Labute approximate surface area is 198 Å².